The third kappa shape index (κ3) is 9.04. The lowest BCUT2D eigenvalue weighted by Crippen LogP contribution is -2.63. The number of hydrogen-bond acceptors (Lipinski definition) is 12. The molecule has 9 rings (SSSR count). The number of aliphatic hydroxyl groups is 1. The summed E-state index contributed by atoms with van der Waals surface area (Å²) in [6, 6.07) is 19.2. The number of nitrogens with one attached hydrogen (secondary N) is 3. The Morgan fingerprint density at radius 2 is 1.77 bits per heavy atom. The summed E-state index contributed by atoms with van der Waals surface area (Å²) in [6.07, 6.45) is 12.8. The lowest BCUT2D eigenvalue weighted by atomic mass is 9.70. The highest BCUT2D eigenvalue weighted by Crippen LogP contribution is 2.49. The molecule has 1 spiro atoms. The molecule has 1 amide bonds. The lowest BCUT2D eigenvalue weighted by molar-refractivity contribution is -0.384. The van der Waals surface area contributed by atoms with Gasteiger partial charge >= 0.3 is 5.69 Å². The first-order valence-corrected chi connectivity index (χ1v) is 24.1. The van der Waals surface area contributed by atoms with Gasteiger partial charge in [-0.15, -0.1) is 0 Å². The van der Waals surface area contributed by atoms with Crippen molar-refractivity contribution in [1.82, 2.24) is 24.6 Å². The molecular weight excluding hydrogens is 833 g/mol. The number of benzene rings is 2. The molecule has 2 saturated carbocycles. The molecule has 2 saturated heterocycles. The Kier molecular flexibility index (Phi) is 11.9. The van der Waals surface area contributed by atoms with E-state index in [0.717, 1.165) is 75.2 Å². The Bertz CT molecular complexity index is 2640. The summed E-state index contributed by atoms with van der Waals surface area (Å²) in [7, 11) is -4.62. The van der Waals surface area contributed by atoms with E-state index < -0.39 is 37.0 Å². The maximum absolute atomic E-state index is 14.0. The number of rotatable bonds is 13. The summed E-state index contributed by atoms with van der Waals surface area (Å²) in [5.41, 5.74) is 3.48. The van der Waals surface area contributed by atoms with Crippen molar-refractivity contribution in [3.05, 3.63) is 106 Å². The fraction of sp³-hybridized carbons (Fsp3) is 0.479. The minimum atomic E-state index is -4.62. The van der Waals surface area contributed by atoms with Crippen LogP contribution in [-0.4, -0.2) is 88.6 Å². The number of sulfonamides is 1. The minimum absolute atomic E-state index is 0.0398. The molecule has 0 bridgehead atoms. The zero-order chi connectivity index (χ0) is 44.8. The van der Waals surface area contributed by atoms with Crippen LogP contribution < -0.4 is 19.7 Å². The van der Waals surface area contributed by atoms with Crippen molar-refractivity contribution >= 4 is 44.2 Å². The topological polar surface area (TPSA) is 196 Å². The molecular formula is C48H58N8O7S. The highest BCUT2D eigenvalue weighted by Gasteiger charge is 2.49. The zero-order valence-electron chi connectivity index (χ0n) is 36.8. The molecule has 2 aliphatic carbocycles. The van der Waals surface area contributed by atoms with Crippen LogP contribution in [0.4, 0.5) is 17.2 Å². The van der Waals surface area contributed by atoms with Gasteiger partial charge < -0.3 is 25.0 Å². The average molecular weight is 891 g/mol. The number of piperidine rings is 1. The van der Waals surface area contributed by atoms with Crippen LogP contribution in [0.15, 0.2) is 84.1 Å². The van der Waals surface area contributed by atoms with Gasteiger partial charge in [0.1, 0.15) is 22.0 Å². The number of aromatic nitrogens is 3. The molecule has 5 heterocycles. The van der Waals surface area contributed by atoms with Gasteiger partial charge in [-0.25, -0.2) is 23.1 Å². The normalized spacial score (nSPS) is 23.6. The first-order valence-electron chi connectivity index (χ1n) is 22.7. The van der Waals surface area contributed by atoms with E-state index in [1.54, 1.807) is 31.3 Å². The quantitative estimate of drug-likeness (QED) is 0.0651. The van der Waals surface area contributed by atoms with Crippen LogP contribution in [0.5, 0.6) is 11.5 Å². The standard InChI is InChI=1S/C48H58N8O7S/c1-31(2)37-7-4-5-8-38(37)39-9-6-10-41(39)55-29-48(30-55)18-21-54(22-19-48)34-11-12-40(43(24-34)63-35-23-33-15-20-49-44(33)51-27-35)46(57)53-64(61,62)36-25-42(56(59)60)45(52-28-36)50-26-32-13-16-47(3,58)17-14-32/h4-5,7-8,11-12,15,20,23-25,27-28,31-32,39,41,58H,6,9-10,13-14,16-19,21-22,26,29-30H2,1-3H3,(H,49,51)(H,50,52)(H,53,57)/t32-,39-,41+,47-/m1/s1. The molecule has 2 aliphatic heterocycles. The molecule has 64 heavy (non-hydrogen) atoms. The fourth-order valence-corrected chi connectivity index (χ4v) is 11.6. The molecule has 2 aromatic carbocycles. The van der Waals surface area contributed by atoms with E-state index in [1.165, 1.54) is 36.6 Å². The Labute approximate surface area is 374 Å². The van der Waals surface area contributed by atoms with Crippen LogP contribution in [0, 0.1) is 21.4 Å². The molecule has 0 radical (unpaired) electrons. The van der Waals surface area contributed by atoms with E-state index in [0.29, 0.717) is 48.7 Å². The Morgan fingerprint density at radius 3 is 2.52 bits per heavy atom. The van der Waals surface area contributed by atoms with Gasteiger partial charge in [0.15, 0.2) is 0 Å². The number of hydrogen-bond donors (Lipinski definition) is 4. The second-order valence-corrected chi connectivity index (χ2v) is 20.9. The number of H-pyrrole nitrogens is 1. The number of aromatic amines is 1. The van der Waals surface area contributed by atoms with Crippen LogP contribution in [0.25, 0.3) is 11.0 Å². The maximum atomic E-state index is 14.0. The second-order valence-electron chi connectivity index (χ2n) is 19.2. The number of amides is 1. The summed E-state index contributed by atoms with van der Waals surface area (Å²) in [4.78, 5) is 41.5. The zero-order valence-corrected chi connectivity index (χ0v) is 37.6. The van der Waals surface area contributed by atoms with Crippen LogP contribution in [-0.2, 0) is 10.0 Å². The average Bonchev–Trinajstić information content (AvgIpc) is 3.95. The first-order chi connectivity index (χ1) is 30.7. The first kappa shape index (κ1) is 43.7. The SMILES string of the molecule is CC(C)c1ccccc1[C@H]1CCC[C@@H]1N1CC2(CCN(c3ccc(C(=O)NS(=O)(=O)c4cnc(NC[C@H]5CC[C@](C)(O)CC5)c([N+](=O)[O-])c4)c(Oc4cnc5[nH]ccc5c4)c3)CC2)C1. The summed E-state index contributed by atoms with van der Waals surface area (Å²) < 4.78 is 35.8. The van der Waals surface area contributed by atoms with Gasteiger partial charge in [-0.1, -0.05) is 44.5 Å². The molecule has 0 unspecified atom stereocenters. The van der Waals surface area contributed by atoms with E-state index in [-0.39, 0.29) is 28.5 Å². The fourth-order valence-electron chi connectivity index (χ4n) is 10.6. The predicted octanol–water partition coefficient (Wildman–Crippen LogP) is 8.49. The summed E-state index contributed by atoms with van der Waals surface area (Å²) in [5.74, 6) is 0.694. The molecule has 4 fully saturated rings. The number of anilines is 2. The minimum Gasteiger partial charge on any atom is -0.455 e. The summed E-state index contributed by atoms with van der Waals surface area (Å²) in [6.45, 7) is 10.6. The van der Waals surface area contributed by atoms with Crippen molar-refractivity contribution in [2.75, 3.05) is 42.9 Å². The third-order valence-corrected chi connectivity index (χ3v) is 15.7. The molecule has 16 heteroatoms. The third-order valence-electron chi connectivity index (χ3n) is 14.4. The molecule has 5 aromatic rings. The van der Waals surface area contributed by atoms with Gasteiger partial charge in [-0.2, -0.15) is 0 Å². The van der Waals surface area contributed by atoms with E-state index in [4.69, 9.17) is 4.74 Å². The second kappa shape index (κ2) is 17.4. The van der Waals surface area contributed by atoms with Crippen molar-refractivity contribution in [3.63, 3.8) is 0 Å². The van der Waals surface area contributed by atoms with Crippen molar-refractivity contribution < 1.29 is 28.0 Å². The molecule has 4 aliphatic rings. The van der Waals surface area contributed by atoms with Gasteiger partial charge in [0.05, 0.1) is 28.5 Å². The Balaban J connectivity index is 0.895. The largest absolute Gasteiger partial charge is 0.455 e. The van der Waals surface area contributed by atoms with Crippen molar-refractivity contribution in [3.8, 4) is 11.5 Å². The molecule has 3 aromatic heterocycles. The number of nitro groups is 1. The summed E-state index contributed by atoms with van der Waals surface area (Å²) >= 11 is 0. The van der Waals surface area contributed by atoms with Gasteiger partial charge in [0.25, 0.3) is 15.9 Å². The van der Waals surface area contributed by atoms with Crippen molar-refractivity contribution in [2.24, 2.45) is 11.3 Å². The number of ether oxygens (including phenoxy) is 1. The predicted molar refractivity (Wildman–Crippen MR) is 246 cm³/mol. The molecule has 4 N–H and O–H groups in total. The van der Waals surface area contributed by atoms with Gasteiger partial charge in [0, 0.05) is 68.2 Å². The van der Waals surface area contributed by atoms with Crippen LogP contribution in [0.2, 0.25) is 0 Å². The number of nitrogens with zero attached hydrogens (tertiary/aromatic N) is 5. The number of pyridine rings is 2. The van der Waals surface area contributed by atoms with Gasteiger partial charge in [-0.3, -0.25) is 19.8 Å². The van der Waals surface area contributed by atoms with E-state index >= 15 is 0 Å². The highest BCUT2D eigenvalue weighted by atomic mass is 32.2. The van der Waals surface area contributed by atoms with E-state index in [2.05, 4.69) is 72.9 Å². The van der Waals surface area contributed by atoms with E-state index in [9.17, 15) is 28.4 Å². The smallest absolute Gasteiger partial charge is 0.312 e. The van der Waals surface area contributed by atoms with Gasteiger partial charge in [-0.05, 0) is 117 Å². The van der Waals surface area contributed by atoms with Crippen molar-refractivity contribution in [1.29, 1.82) is 0 Å². The van der Waals surface area contributed by atoms with Crippen LogP contribution in [0.1, 0.15) is 112 Å². The molecule has 2 atom stereocenters. The summed E-state index contributed by atoms with van der Waals surface area (Å²) in [5, 5.41) is 26.2. The number of carbonyl (C=O) groups is 1. The Hall–Kier alpha value is -5.58. The number of fused-ring (bicyclic) bond motifs is 1. The van der Waals surface area contributed by atoms with E-state index in [1.807, 2.05) is 12.1 Å². The Morgan fingerprint density at radius 1 is 1.00 bits per heavy atom. The molecule has 338 valence electrons. The number of likely N-dealkylation sites (tertiary alicyclic amines) is 1. The van der Waals surface area contributed by atoms with Crippen molar-refractivity contribution in [2.45, 2.75) is 107 Å². The highest BCUT2D eigenvalue weighted by molar-refractivity contribution is 7.90. The lowest BCUT2D eigenvalue weighted by Gasteiger charge is -2.57. The monoisotopic (exact) mass is 890 g/mol. The van der Waals surface area contributed by atoms with Crippen LogP contribution in [0.3, 0.4) is 0 Å². The molecule has 15 nitrogen and oxygen atoms in total. The van der Waals surface area contributed by atoms with Crippen LogP contribution >= 0.6 is 0 Å². The number of carbonyl (C=O) groups excluding carboxylic acids is 1. The van der Waals surface area contributed by atoms with Gasteiger partial charge in [0.2, 0.25) is 5.82 Å². The maximum Gasteiger partial charge on any atom is 0.312 e.